The Hall–Kier alpha value is -1.20. The van der Waals surface area contributed by atoms with Gasteiger partial charge in [-0.2, -0.15) is 0 Å². The number of nitrogens with two attached hydrogens (primary N) is 2. The third-order valence-corrected chi connectivity index (χ3v) is 2.02. The van der Waals surface area contributed by atoms with Gasteiger partial charge in [0, 0.05) is 4.90 Å². The molecule has 1 atom stereocenters. The first-order valence-electron chi connectivity index (χ1n) is 4.12. The normalized spacial score (nSPS) is 12.1. The zero-order valence-corrected chi connectivity index (χ0v) is 8.48. The molecule has 5 N–H and O–H groups in total. The first-order valence-corrected chi connectivity index (χ1v) is 4.56. The van der Waals surface area contributed by atoms with E-state index in [-0.39, 0.29) is 12.5 Å². The quantitative estimate of drug-likeness (QED) is 0.329. The lowest BCUT2D eigenvalue weighted by Gasteiger charge is -2.07. The van der Waals surface area contributed by atoms with E-state index in [2.05, 4.69) is 17.6 Å². The first-order chi connectivity index (χ1) is 6.59. The molecule has 0 radical (unpaired) electrons. The van der Waals surface area contributed by atoms with Crippen molar-refractivity contribution in [3.8, 4) is 0 Å². The van der Waals surface area contributed by atoms with Gasteiger partial charge in [-0.1, -0.05) is 12.1 Å². The zero-order valence-electron chi connectivity index (χ0n) is 7.59. The van der Waals surface area contributed by atoms with Crippen LogP contribution in [-0.4, -0.2) is 17.6 Å². The van der Waals surface area contributed by atoms with Crippen molar-refractivity contribution in [1.82, 2.24) is 0 Å². The van der Waals surface area contributed by atoms with Gasteiger partial charge in [-0.05, 0) is 17.7 Å². The Labute approximate surface area is 88.1 Å². The summed E-state index contributed by atoms with van der Waals surface area (Å²) in [5.74, 6) is -0.0186. The lowest BCUT2D eigenvalue weighted by molar-refractivity contribution is 0.187. The van der Waals surface area contributed by atoms with E-state index < -0.39 is 6.10 Å². The largest absolute Gasteiger partial charge is 0.386 e. The van der Waals surface area contributed by atoms with Crippen LogP contribution in [0.15, 0.2) is 34.2 Å². The Kier molecular flexibility index (Phi) is 3.79. The van der Waals surface area contributed by atoms with Gasteiger partial charge in [0.15, 0.2) is 5.96 Å². The summed E-state index contributed by atoms with van der Waals surface area (Å²) >= 11 is 4.14. The number of nitrogens with zero attached hydrogens (tertiary/aromatic N) is 1. The molecule has 0 aliphatic carbocycles. The smallest absolute Gasteiger partial charge is 0.186 e. The average molecular weight is 211 g/mol. The van der Waals surface area contributed by atoms with Crippen molar-refractivity contribution in [3.63, 3.8) is 0 Å². The maximum absolute atomic E-state index is 9.62. The van der Waals surface area contributed by atoms with Crippen molar-refractivity contribution in [2.75, 3.05) is 6.54 Å². The Bertz CT molecular complexity index is 319. The monoisotopic (exact) mass is 211 g/mol. The highest BCUT2D eigenvalue weighted by molar-refractivity contribution is 7.80. The van der Waals surface area contributed by atoms with Crippen molar-refractivity contribution in [1.29, 1.82) is 0 Å². The predicted octanol–water partition coefficient (Wildman–Crippen LogP) is 0.282. The number of hydrogen-bond donors (Lipinski definition) is 4. The second-order valence-corrected chi connectivity index (χ2v) is 3.39. The molecule has 0 amide bonds. The zero-order chi connectivity index (χ0) is 10.6. The molecule has 0 bridgehead atoms. The molecule has 5 heteroatoms. The van der Waals surface area contributed by atoms with Crippen LogP contribution in [0.25, 0.3) is 0 Å². The second-order valence-electron chi connectivity index (χ2n) is 2.87. The van der Waals surface area contributed by atoms with Gasteiger partial charge in [0.2, 0.25) is 0 Å². The number of aliphatic hydroxyl groups excluding tert-OH is 1. The third-order valence-electron chi connectivity index (χ3n) is 1.72. The van der Waals surface area contributed by atoms with Crippen LogP contribution in [0.1, 0.15) is 11.7 Å². The molecule has 0 aliphatic rings. The molecular formula is C9H13N3OS. The van der Waals surface area contributed by atoms with Crippen LogP contribution in [0.5, 0.6) is 0 Å². The van der Waals surface area contributed by atoms with E-state index in [9.17, 15) is 5.11 Å². The van der Waals surface area contributed by atoms with Crippen LogP contribution >= 0.6 is 12.6 Å². The van der Waals surface area contributed by atoms with Gasteiger partial charge in [-0.25, -0.2) is 0 Å². The molecule has 0 saturated carbocycles. The molecule has 1 aromatic rings. The van der Waals surface area contributed by atoms with Crippen LogP contribution in [0, 0.1) is 0 Å². The van der Waals surface area contributed by atoms with Crippen molar-refractivity contribution >= 4 is 18.6 Å². The highest BCUT2D eigenvalue weighted by Crippen LogP contribution is 2.15. The SMILES string of the molecule is NC(N)=NC[C@H](O)c1ccc(S)cc1. The summed E-state index contributed by atoms with van der Waals surface area (Å²) in [4.78, 5) is 4.58. The molecule has 0 aromatic heterocycles. The van der Waals surface area contributed by atoms with Gasteiger partial charge in [0.1, 0.15) is 0 Å². The van der Waals surface area contributed by atoms with Gasteiger partial charge >= 0.3 is 0 Å². The topological polar surface area (TPSA) is 84.6 Å². The van der Waals surface area contributed by atoms with Crippen LogP contribution < -0.4 is 11.5 Å². The fourth-order valence-electron chi connectivity index (χ4n) is 0.994. The summed E-state index contributed by atoms with van der Waals surface area (Å²) < 4.78 is 0. The van der Waals surface area contributed by atoms with Crippen LogP contribution in [0.2, 0.25) is 0 Å². The number of hydrogen-bond acceptors (Lipinski definition) is 3. The second kappa shape index (κ2) is 4.88. The van der Waals surface area contributed by atoms with Gasteiger partial charge in [0.25, 0.3) is 0 Å². The molecule has 76 valence electrons. The molecule has 1 rings (SSSR count). The first kappa shape index (κ1) is 10.9. The third kappa shape index (κ3) is 3.27. The van der Waals surface area contributed by atoms with E-state index in [1.54, 1.807) is 24.3 Å². The number of aliphatic imine (C=N–C) groups is 1. The van der Waals surface area contributed by atoms with Gasteiger partial charge < -0.3 is 16.6 Å². The Morgan fingerprint density at radius 2 is 1.93 bits per heavy atom. The molecule has 0 heterocycles. The molecule has 1 aromatic carbocycles. The molecule has 0 aliphatic heterocycles. The summed E-state index contributed by atoms with van der Waals surface area (Å²) in [6, 6.07) is 7.18. The van der Waals surface area contributed by atoms with E-state index in [1.165, 1.54) is 0 Å². The van der Waals surface area contributed by atoms with E-state index in [1.807, 2.05) is 0 Å². The van der Waals surface area contributed by atoms with Gasteiger partial charge in [-0.3, -0.25) is 4.99 Å². The van der Waals surface area contributed by atoms with Gasteiger partial charge in [-0.15, -0.1) is 12.6 Å². The maximum atomic E-state index is 9.62. The molecule has 0 fully saturated rings. The van der Waals surface area contributed by atoms with Crippen LogP contribution in [0.4, 0.5) is 0 Å². The van der Waals surface area contributed by atoms with Gasteiger partial charge in [0.05, 0.1) is 12.6 Å². The van der Waals surface area contributed by atoms with E-state index in [0.29, 0.717) is 0 Å². The fraction of sp³-hybridized carbons (Fsp3) is 0.222. The van der Waals surface area contributed by atoms with E-state index >= 15 is 0 Å². The number of aliphatic hydroxyl groups is 1. The average Bonchev–Trinajstić information content (AvgIpc) is 2.15. The van der Waals surface area contributed by atoms with E-state index in [0.717, 1.165) is 10.5 Å². The van der Waals surface area contributed by atoms with Crippen LogP contribution in [-0.2, 0) is 0 Å². The summed E-state index contributed by atoms with van der Waals surface area (Å²) in [6.07, 6.45) is -0.675. The van der Waals surface area contributed by atoms with Crippen molar-refractivity contribution in [3.05, 3.63) is 29.8 Å². The molecule has 0 spiro atoms. The molecule has 0 saturated heterocycles. The van der Waals surface area contributed by atoms with Crippen LogP contribution in [0.3, 0.4) is 0 Å². The summed E-state index contributed by atoms with van der Waals surface area (Å²) in [5.41, 5.74) is 11.1. The molecular weight excluding hydrogens is 198 g/mol. The predicted molar refractivity (Wildman–Crippen MR) is 59.3 cm³/mol. The number of benzene rings is 1. The molecule has 14 heavy (non-hydrogen) atoms. The standard InChI is InChI=1S/C9H13N3OS/c10-9(11)12-5-8(13)6-1-3-7(14)4-2-6/h1-4,8,13-14H,5H2,(H4,10,11,12)/t8-/m0/s1. The lowest BCUT2D eigenvalue weighted by Crippen LogP contribution is -2.23. The minimum atomic E-state index is -0.675. The molecule has 4 nitrogen and oxygen atoms in total. The van der Waals surface area contributed by atoms with Crippen molar-refractivity contribution in [2.45, 2.75) is 11.0 Å². The Morgan fingerprint density at radius 3 is 2.43 bits per heavy atom. The lowest BCUT2D eigenvalue weighted by atomic mass is 10.1. The number of rotatable bonds is 3. The minimum Gasteiger partial charge on any atom is -0.386 e. The Morgan fingerprint density at radius 1 is 1.36 bits per heavy atom. The summed E-state index contributed by atoms with van der Waals surface area (Å²) in [6.45, 7) is 0.175. The minimum absolute atomic E-state index is 0.0186. The van der Waals surface area contributed by atoms with Crippen molar-refractivity contribution in [2.24, 2.45) is 16.5 Å². The molecule has 0 unspecified atom stereocenters. The maximum Gasteiger partial charge on any atom is 0.186 e. The number of thiol groups is 1. The highest BCUT2D eigenvalue weighted by atomic mass is 32.1. The van der Waals surface area contributed by atoms with Crippen molar-refractivity contribution < 1.29 is 5.11 Å². The summed E-state index contributed by atoms with van der Waals surface area (Å²) in [5, 5.41) is 9.62. The number of guanidine groups is 1. The summed E-state index contributed by atoms with van der Waals surface area (Å²) in [7, 11) is 0. The highest BCUT2D eigenvalue weighted by Gasteiger charge is 2.05. The van der Waals surface area contributed by atoms with E-state index in [4.69, 9.17) is 11.5 Å². The fourth-order valence-corrected chi connectivity index (χ4v) is 1.14. The Balaban J connectivity index is 2.65.